The molecule has 8 heteroatoms. The van der Waals surface area contributed by atoms with Crippen molar-refractivity contribution in [3.05, 3.63) is 54.1 Å². The molecule has 0 aromatic heterocycles. The smallest absolute Gasteiger partial charge is 0.322 e. The van der Waals surface area contributed by atoms with E-state index in [-0.39, 0.29) is 18.6 Å². The summed E-state index contributed by atoms with van der Waals surface area (Å²) in [7, 11) is 3.18. The van der Waals surface area contributed by atoms with E-state index in [0.717, 1.165) is 5.56 Å². The van der Waals surface area contributed by atoms with E-state index >= 15 is 0 Å². The van der Waals surface area contributed by atoms with Crippen LogP contribution in [0.2, 0.25) is 0 Å². The molecule has 2 atom stereocenters. The summed E-state index contributed by atoms with van der Waals surface area (Å²) in [6, 6.07) is 6.95. The molecule has 2 heterocycles. The molecule has 1 aromatic carbocycles. The number of hydrogen-bond acceptors (Lipinski definition) is 6. The van der Waals surface area contributed by atoms with Crippen molar-refractivity contribution in [1.29, 1.82) is 0 Å². The molecule has 1 spiro atoms. The van der Waals surface area contributed by atoms with E-state index in [1.807, 2.05) is 24.3 Å². The van der Waals surface area contributed by atoms with Gasteiger partial charge >= 0.3 is 12.0 Å². The average molecular weight is 398 g/mol. The van der Waals surface area contributed by atoms with Crippen LogP contribution in [0.15, 0.2) is 48.6 Å². The predicted octanol–water partition coefficient (Wildman–Crippen LogP) is 1.70. The largest absolute Gasteiger partial charge is 0.497 e. The summed E-state index contributed by atoms with van der Waals surface area (Å²) >= 11 is 0. The SMILES string of the molecule is COc1ccc(CC23OC4(C=CC(=O)C=C4)CC2(OC(C)=O)NC(=O)N3C)cc1. The number of benzene rings is 1. The normalized spacial score (nSPS) is 29.1. The Morgan fingerprint density at radius 2 is 1.86 bits per heavy atom. The molecule has 4 rings (SSSR count). The Balaban J connectivity index is 1.81. The molecule has 29 heavy (non-hydrogen) atoms. The molecule has 2 unspecified atom stereocenters. The summed E-state index contributed by atoms with van der Waals surface area (Å²) in [6.45, 7) is 1.29. The Morgan fingerprint density at radius 3 is 2.45 bits per heavy atom. The second kappa shape index (κ2) is 6.45. The van der Waals surface area contributed by atoms with Crippen molar-refractivity contribution < 1.29 is 28.6 Å². The van der Waals surface area contributed by atoms with Gasteiger partial charge in [0.2, 0.25) is 11.4 Å². The van der Waals surface area contributed by atoms with Gasteiger partial charge in [0, 0.05) is 26.8 Å². The van der Waals surface area contributed by atoms with Crippen molar-refractivity contribution in [2.75, 3.05) is 14.2 Å². The predicted molar refractivity (Wildman–Crippen MR) is 102 cm³/mol. The van der Waals surface area contributed by atoms with Gasteiger partial charge in [0.25, 0.3) is 0 Å². The van der Waals surface area contributed by atoms with Crippen LogP contribution in [-0.2, 0) is 25.5 Å². The van der Waals surface area contributed by atoms with Crippen LogP contribution in [0.4, 0.5) is 4.79 Å². The van der Waals surface area contributed by atoms with Gasteiger partial charge in [0.05, 0.1) is 7.11 Å². The van der Waals surface area contributed by atoms with Crippen molar-refractivity contribution in [2.24, 2.45) is 0 Å². The maximum Gasteiger partial charge on any atom is 0.322 e. The van der Waals surface area contributed by atoms with Crippen LogP contribution in [0.3, 0.4) is 0 Å². The summed E-state index contributed by atoms with van der Waals surface area (Å²) in [5, 5.41) is 2.82. The van der Waals surface area contributed by atoms with E-state index in [4.69, 9.17) is 14.2 Å². The quantitative estimate of drug-likeness (QED) is 0.776. The molecule has 8 nitrogen and oxygen atoms in total. The summed E-state index contributed by atoms with van der Waals surface area (Å²) in [5.41, 5.74) is -2.85. The monoisotopic (exact) mass is 398 g/mol. The highest BCUT2D eigenvalue weighted by Gasteiger charge is 2.74. The second-order valence-corrected chi connectivity index (χ2v) is 7.52. The molecular weight excluding hydrogens is 376 g/mol. The van der Waals surface area contributed by atoms with Crippen molar-refractivity contribution >= 4 is 17.8 Å². The number of carbonyl (C=O) groups is 3. The van der Waals surface area contributed by atoms with Gasteiger partial charge in [-0.2, -0.15) is 0 Å². The first kappa shape index (κ1) is 19.2. The molecule has 0 radical (unpaired) electrons. The highest BCUT2D eigenvalue weighted by atomic mass is 16.6. The van der Waals surface area contributed by atoms with Crippen molar-refractivity contribution in [2.45, 2.75) is 36.8 Å². The van der Waals surface area contributed by atoms with Crippen LogP contribution < -0.4 is 10.1 Å². The lowest BCUT2D eigenvalue weighted by Crippen LogP contribution is -2.61. The maximum absolute atomic E-state index is 12.6. The zero-order valence-electron chi connectivity index (χ0n) is 16.4. The summed E-state index contributed by atoms with van der Waals surface area (Å²) in [5.74, 6) is 0.00608. The third kappa shape index (κ3) is 2.91. The molecule has 3 aliphatic rings. The first-order chi connectivity index (χ1) is 13.7. The number of nitrogens with one attached hydrogen (secondary N) is 1. The number of urea groups is 1. The van der Waals surface area contributed by atoms with Gasteiger partial charge in [0.15, 0.2) is 5.78 Å². The van der Waals surface area contributed by atoms with Crippen LogP contribution in [-0.4, -0.2) is 53.9 Å². The Kier molecular flexibility index (Phi) is 4.27. The lowest BCUT2D eigenvalue weighted by Gasteiger charge is -2.40. The van der Waals surface area contributed by atoms with E-state index in [2.05, 4.69) is 5.32 Å². The van der Waals surface area contributed by atoms with Crippen molar-refractivity contribution in [1.82, 2.24) is 10.2 Å². The standard InChI is InChI=1S/C21H22N2O6/c1-14(24)28-20-13-19(10-8-16(25)9-11-19)29-21(20,23(2)18(26)22-20)12-15-4-6-17(27-3)7-5-15/h4-11H,12-13H2,1-3H3,(H,22,26). The van der Waals surface area contributed by atoms with E-state index in [1.54, 1.807) is 26.3 Å². The van der Waals surface area contributed by atoms with Crippen LogP contribution in [0.25, 0.3) is 0 Å². The van der Waals surface area contributed by atoms with Crippen molar-refractivity contribution in [3.63, 3.8) is 0 Å². The Hall–Kier alpha value is -3.13. The van der Waals surface area contributed by atoms with Gasteiger partial charge in [-0.15, -0.1) is 0 Å². The number of amides is 2. The Bertz CT molecular complexity index is 917. The first-order valence-electron chi connectivity index (χ1n) is 9.24. The fraction of sp³-hybridized carbons (Fsp3) is 0.381. The lowest BCUT2D eigenvalue weighted by atomic mass is 9.86. The molecular formula is C21H22N2O6. The van der Waals surface area contributed by atoms with Crippen LogP contribution in [0, 0.1) is 0 Å². The number of ether oxygens (including phenoxy) is 3. The number of nitrogens with zero attached hydrogens (tertiary/aromatic N) is 1. The number of hydrogen-bond donors (Lipinski definition) is 1. The first-order valence-corrected chi connectivity index (χ1v) is 9.24. The lowest BCUT2D eigenvalue weighted by molar-refractivity contribution is -0.205. The number of allylic oxidation sites excluding steroid dienone is 2. The van der Waals surface area contributed by atoms with Gasteiger partial charge in [0.1, 0.15) is 11.4 Å². The Labute approximate surface area is 168 Å². The third-order valence-corrected chi connectivity index (χ3v) is 5.65. The minimum absolute atomic E-state index is 0.145. The molecule has 0 saturated carbocycles. The zero-order chi connectivity index (χ0) is 20.9. The van der Waals surface area contributed by atoms with E-state index in [0.29, 0.717) is 5.75 Å². The molecule has 152 valence electrons. The van der Waals surface area contributed by atoms with Crippen LogP contribution >= 0.6 is 0 Å². The highest BCUT2D eigenvalue weighted by Crippen LogP contribution is 2.54. The summed E-state index contributed by atoms with van der Waals surface area (Å²) < 4.78 is 17.4. The number of ketones is 1. The number of carbonyl (C=O) groups excluding carboxylic acids is 3. The molecule has 1 N–H and O–H groups in total. The molecule has 2 fully saturated rings. The van der Waals surface area contributed by atoms with Gasteiger partial charge < -0.3 is 14.2 Å². The van der Waals surface area contributed by atoms with Crippen molar-refractivity contribution in [3.8, 4) is 5.75 Å². The van der Waals surface area contributed by atoms with Crippen LogP contribution in [0.5, 0.6) is 5.75 Å². The fourth-order valence-corrected chi connectivity index (χ4v) is 4.31. The van der Waals surface area contributed by atoms with Gasteiger partial charge in [-0.1, -0.05) is 12.1 Å². The minimum Gasteiger partial charge on any atom is -0.497 e. The van der Waals surface area contributed by atoms with E-state index in [1.165, 1.54) is 24.0 Å². The Morgan fingerprint density at radius 1 is 1.21 bits per heavy atom. The molecule has 2 aliphatic heterocycles. The maximum atomic E-state index is 12.6. The van der Waals surface area contributed by atoms with Gasteiger partial charge in [-0.3, -0.25) is 19.8 Å². The number of rotatable bonds is 4. The van der Waals surface area contributed by atoms with E-state index in [9.17, 15) is 14.4 Å². The van der Waals surface area contributed by atoms with Gasteiger partial charge in [-0.25, -0.2) is 4.79 Å². The topological polar surface area (TPSA) is 94.2 Å². The zero-order valence-corrected chi connectivity index (χ0v) is 16.4. The second-order valence-electron chi connectivity index (χ2n) is 7.52. The molecule has 2 amide bonds. The third-order valence-electron chi connectivity index (χ3n) is 5.65. The molecule has 1 aliphatic carbocycles. The summed E-state index contributed by atoms with van der Waals surface area (Å²) in [6.07, 6.45) is 6.54. The molecule has 0 bridgehead atoms. The van der Waals surface area contributed by atoms with E-state index < -0.39 is 29.1 Å². The number of likely N-dealkylation sites (N-methyl/N-ethyl adjacent to an activating group) is 1. The molecule has 2 saturated heterocycles. The number of esters is 1. The van der Waals surface area contributed by atoms with Crippen LogP contribution in [0.1, 0.15) is 18.9 Å². The number of methoxy groups -OCH3 is 1. The molecule has 1 aromatic rings. The minimum atomic E-state index is -1.42. The average Bonchev–Trinajstić information content (AvgIpc) is 3.02. The fourth-order valence-electron chi connectivity index (χ4n) is 4.31. The van der Waals surface area contributed by atoms with Gasteiger partial charge in [-0.05, 0) is 42.0 Å². The summed E-state index contributed by atoms with van der Waals surface area (Å²) in [4.78, 5) is 37.7. The highest BCUT2D eigenvalue weighted by molar-refractivity contribution is 6.00. The number of fused-ring (bicyclic) bond motifs is 1.